The Kier molecular flexibility index (Phi) is 8.05. The van der Waals surface area contributed by atoms with Crippen molar-refractivity contribution in [3.63, 3.8) is 0 Å². The molecule has 0 radical (unpaired) electrons. The van der Waals surface area contributed by atoms with Crippen LogP contribution in [-0.4, -0.2) is 35.4 Å². The van der Waals surface area contributed by atoms with Crippen molar-refractivity contribution >= 4 is 22.5 Å². The number of anilines is 1. The van der Waals surface area contributed by atoms with Crippen molar-refractivity contribution in [2.45, 2.75) is 53.4 Å². The highest BCUT2D eigenvalue weighted by molar-refractivity contribution is 6.00. The Morgan fingerprint density at radius 1 is 1.23 bits per heavy atom. The zero-order chi connectivity index (χ0) is 18.9. The van der Waals surface area contributed by atoms with Crippen LogP contribution in [-0.2, 0) is 4.79 Å². The Labute approximate surface area is 158 Å². The summed E-state index contributed by atoms with van der Waals surface area (Å²) in [5.74, 6) is 0.654. The molecule has 0 saturated heterocycles. The molecule has 0 bridgehead atoms. The number of rotatable bonds is 10. The number of nitrogens with zero attached hydrogens (tertiary/aromatic N) is 2. The minimum atomic E-state index is 0.0816. The van der Waals surface area contributed by atoms with Crippen LogP contribution in [0.5, 0.6) is 0 Å². The number of amides is 1. The third kappa shape index (κ3) is 6.10. The van der Waals surface area contributed by atoms with E-state index in [-0.39, 0.29) is 5.91 Å². The van der Waals surface area contributed by atoms with E-state index in [0.29, 0.717) is 12.3 Å². The van der Waals surface area contributed by atoms with Crippen molar-refractivity contribution in [3.05, 3.63) is 36.0 Å². The van der Waals surface area contributed by atoms with E-state index in [2.05, 4.69) is 42.0 Å². The first-order valence-electron chi connectivity index (χ1n) is 9.91. The molecule has 1 aromatic carbocycles. The summed E-state index contributed by atoms with van der Waals surface area (Å²) >= 11 is 0. The monoisotopic (exact) mass is 355 g/mol. The van der Waals surface area contributed by atoms with Gasteiger partial charge in [-0.05, 0) is 75.5 Å². The van der Waals surface area contributed by atoms with Crippen LogP contribution in [0.4, 0.5) is 5.69 Å². The van der Waals surface area contributed by atoms with Gasteiger partial charge in [0, 0.05) is 18.0 Å². The van der Waals surface area contributed by atoms with E-state index in [0.717, 1.165) is 48.2 Å². The van der Waals surface area contributed by atoms with Gasteiger partial charge in [-0.3, -0.25) is 9.78 Å². The standard InChI is InChI=1S/C22H33N3O/c1-5-25(6-2)14-8-9-17(3)11-12-21(26)24-20-16-18(4)15-19-10-7-13-23-22(19)20/h7,10,13,15-17H,5-6,8-9,11-12,14H2,1-4H3,(H,24,26). The van der Waals surface area contributed by atoms with Crippen molar-refractivity contribution in [3.8, 4) is 0 Å². The molecule has 0 aliphatic heterocycles. The lowest BCUT2D eigenvalue weighted by molar-refractivity contribution is -0.116. The molecule has 1 heterocycles. The molecule has 4 heteroatoms. The number of hydrogen-bond acceptors (Lipinski definition) is 3. The maximum atomic E-state index is 12.4. The molecule has 0 spiro atoms. The Balaban J connectivity index is 1.82. The zero-order valence-electron chi connectivity index (χ0n) is 16.7. The summed E-state index contributed by atoms with van der Waals surface area (Å²) in [5.41, 5.74) is 2.81. The molecule has 1 atom stereocenters. The van der Waals surface area contributed by atoms with Gasteiger partial charge in [0.05, 0.1) is 11.2 Å². The second-order valence-corrected chi connectivity index (χ2v) is 7.25. The van der Waals surface area contributed by atoms with Gasteiger partial charge in [0.2, 0.25) is 5.91 Å². The SMILES string of the molecule is CCN(CC)CCCC(C)CCC(=O)Nc1cc(C)cc2cccnc12. The summed E-state index contributed by atoms with van der Waals surface area (Å²) in [4.78, 5) is 19.3. The number of carbonyl (C=O) groups is 1. The van der Waals surface area contributed by atoms with E-state index in [1.54, 1.807) is 6.20 Å². The van der Waals surface area contributed by atoms with Gasteiger partial charge in [-0.2, -0.15) is 0 Å². The molecule has 1 aromatic heterocycles. The molecule has 2 aromatic rings. The highest BCUT2D eigenvalue weighted by atomic mass is 16.1. The van der Waals surface area contributed by atoms with Gasteiger partial charge in [-0.1, -0.05) is 26.8 Å². The lowest BCUT2D eigenvalue weighted by atomic mass is 9.99. The van der Waals surface area contributed by atoms with Crippen LogP contribution in [0.1, 0.15) is 52.0 Å². The van der Waals surface area contributed by atoms with Crippen LogP contribution in [0.25, 0.3) is 10.9 Å². The van der Waals surface area contributed by atoms with E-state index < -0.39 is 0 Å². The van der Waals surface area contributed by atoms with Crippen molar-refractivity contribution in [2.24, 2.45) is 5.92 Å². The third-order valence-corrected chi connectivity index (χ3v) is 5.05. The number of benzene rings is 1. The van der Waals surface area contributed by atoms with Gasteiger partial charge in [0.1, 0.15) is 0 Å². The first-order valence-corrected chi connectivity index (χ1v) is 9.91. The molecule has 0 aliphatic rings. The summed E-state index contributed by atoms with van der Waals surface area (Å²) in [6.45, 7) is 12.1. The number of carbonyl (C=O) groups excluding carboxylic acids is 1. The number of hydrogen-bond donors (Lipinski definition) is 1. The van der Waals surface area contributed by atoms with Crippen molar-refractivity contribution < 1.29 is 4.79 Å². The molecule has 2 rings (SSSR count). The van der Waals surface area contributed by atoms with E-state index in [9.17, 15) is 4.79 Å². The fourth-order valence-corrected chi connectivity index (χ4v) is 3.38. The molecule has 1 unspecified atom stereocenters. The predicted octanol–water partition coefficient (Wildman–Crippen LogP) is 5.02. The molecule has 0 saturated carbocycles. The van der Waals surface area contributed by atoms with E-state index >= 15 is 0 Å². The van der Waals surface area contributed by atoms with Crippen LogP contribution < -0.4 is 5.32 Å². The van der Waals surface area contributed by atoms with Crippen LogP contribution in [0.2, 0.25) is 0 Å². The summed E-state index contributed by atoms with van der Waals surface area (Å²) in [6, 6.07) is 8.05. The zero-order valence-corrected chi connectivity index (χ0v) is 16.7. The van der Waals surface area contributed by atoms with Crippen LogP contribution in [0, 0.1) is 12.8 Å². The van der Waals surface area contributed by atoms with Gasteiger partial charge < -0.3 is 10.2 Å². The lowest BCUT2D eigenvalue weighted by Crippen LogP contribution is -2.24. The highest BCUT2D eigenvalue weighted by Crippen LogP contribution is 2.24. The first-order chi connectivity index (χ1) is 12.5. The number of aromatic nitrogens is 1. The summed E-state index contributed by atoms with van der Waals surface area (Å²) < 4.78 is 0. The average molecular weight is 356 g/mol. The fraction of sp³-hybridized carbons (Fsp3) is 0.545. The first kappa shape index (κ1) is 20.4. The van der Waals surface area contributed by atoms with Gasteiger partial charge in [0.15, 0.2) is 0 Å². The maximum Gasteiger partial charge on any atom is 0.224 e. The van der Waals surface area contributed by atoms with Crippen molar-refractivity contribution in [1.29, 1.82) is 0 Å². The number of pyridine rings is 1. The second kappa shape index (κ2) is 10.3. The molecule has 1 N–H and O–H groups in total. The maximum absolute atomic E-state index is 12.4. The molecule has 1 amide bonds. The van der Waals surface area contributed by atoms with E-state index in [1.165, 1.54) is 12.8 Å². The minimum Gasteiger partial charge on any atom is -0.324 e. The molecule has 0 fully saturated rings. The average Bonchev–Trinajstić information content (AvgIpc) is 2.63. The smallest absolute Gasteiger partial charge is 0.224 e. The van der Waals surface area contributed by atoms with Gasteiger partial charge in [-0.25, -0.2) is 0 Å². The predicted molar refractivity (Wildman–Crippen MR) is 111 cm³/mol. The molecule has 4 nitrogen and oxygen atoms in total. The molecule has 142 valence electrons. The molecule has 0 aliphatic carbocycles. The van der Waals surface area contributed by atoms with Crippen molar-refractivity contribution in [2.75, 3.05) is 25.0 Å². The lowest BCUT2D eigenvalue weighted by Gasteiger charge is -2.19. The Hall–Kier alpha value is -1.94. The van der Waals surface area contributed by atoms with Crippen LogP contribution >= 0.6 is 0 Å². The quantitative estimate of drug-likeness (QED) is 0.651. The summed E-state index contributed by atoms with van der Waals surface area (Å²) in [6.07, 6.45) is 5.65. The Morgan fingerprint density at radius 3 is 2.73 bits per heavy atom. The summed E-state index contributed by atoms with van der Waals surface area (Å²) in [7, 11) is 0. The molecular weight excluding hydrogens is 322 g/mol. The largest absolute Gasteiger partial charge is 0.324 e. The number of aryl methyl sites for hydroxylation is 1. The topological polar surface area (TPSA) is 45.2 Å². The Bertz CT molecular complexity index is 710. The summed E-state index contributed by atoms with van der Waals surface area (Å²) in [5, 5.41) is 4.13. The van der Waals surface area contributed by atoms with Crippen LogP contribution in [0.3, 0.4) is 0 Å². The van der Waals surface area contributed by atoms with E-state index in [4.69, 9.17) is 0 Å². The fourth-order valence-electron chi connectivity index (χ4n) is 3.38. The molecule has 26 heavy (non-hydrogen) atoms. The van der Waals surface area contributed by atoms with Gasteiger partial charge in [0.25, 0.3) is 0 Å². The number of nitrogens with one attached hydrogen (secondary N) is 1. The van der Waals surface area contributed by atoms with Crippen molar-refractivity contribution in [1.82, 2.24) is 9.88 Å². The van der Waals surface area contributed by atoms with Gasteiger partial charge in [-0.15, -0.1) is 0 Å². The van der Waals surface area contributed by atoms with E-state index in [1.807, 2.05) is 25.1 Å². The van der Waals surface area contributed by atoms with Crippen LogP contribution in [0.15, 0.2) is 30.5 Å². The van der Waals surface area contributed by atoms with Gasteiger partial charge >= 0.3 is 0 Å². The highest BCUT2D eigenvalue weighted by Gasteiger charge is 2.10. The third-order valence-electron chi connectivity index (χ3n) is 5.05. The molecular formula is C22H33N3O. The minimum absolute atomic E-state index is 0.0816. The second-order valence-electron chi connectivity index (χ2n) is 7.25. The number of fused-ring (bicyclic) bond motifs is 1. The normalized spacial score (nSPS) is 12.5. The Morgan fingerprint density at radius 2 is 2.00 bits per heavy atom.